The molecule has 1 aliphatic rings. The summed E-state index contributed by atoms with van der Waals surface area (Å²) >= 11 is 0. The number of carbonyl (C=O) groups is 1. The van der Waals surface area contributed by atoms with Crippen LogP contribution in [-0.2, 0) is 9.53 Å². The number of amides is 1. The molecule has 1 fully saturated rings. The third-order valence-corrected chi connectivity index (χ3v) is 4.40. The predicted octanol–water partition coefficient (Wildman–Crippen LogP) is 3.32. The summed E-state index contributed by atoms with van der Waals surface area (Å²) in [6, 6.07) is 15.8. The maximum absolute atomic E-state index is 13.1. The summed E-state index contributed by atoms with van der Waals surface area (Å²) in [5.74, 6) is 0.102. The van der Waals surface area contributed by atoms with E-state index in [1.54, 1.807) is 0 Å². The summed E-state index contributed by atoms with van der Waals surface area (Å²) in [7, 11) is 0. The minimum absolute atomic E-state index is 0.102. The topological polar surface area (TPSA) is 41.6 Å². The molecular weight excluding hydrogens is 300 g/mol. The van der Waals surface area contributed by atoms with Crippen LogP contribution in [-0.4, -0.2) is 37.1 Å². The van der Waals surface area contributed by atoms with Crippen molar-refractivity contribution in [2.24, 2.45) is 0 Å². The summed E-state index contributed by atoms with van der Waals surface area (Å²) in [5, 5.41) is 3.47. The van der Waals surface area contributed by atoms with E-state index < -0.39 is 0 Å². The number of hydrogen-bond acceptors (Lipinski definition) is 3. The van der Waals surface area contributed by atoms with E-state index in [9.17, 15) is 4.79 Å². The average molecular weight is 324 g/mol. The molecule has 4 heteroatoms. The maximum atomic E-state index is 13.1. The first kappa shape index (κ1) is 16.5. The fraction of sp³-hybridized carbons (Fsp3) is 0.350. The molecule has 0 saturated carbocycles. The molecule has 1 amide bonds. The van der Waals surface area contributed by atoms with Crippen LogP contribution in [0.2, 0.25) is 0 Å². The number of benzene rings is 2. The van der Waals surface area contributed by atoms with Gasteiger partial charge < -0.3 is 15.0 Å². The highest BCUT2D eigenvalue weighted by Crippen LogP contribution is 2.25. The van der Waals surface area contributed by atoms with Crippen LogP contribution >= 0.6 is 0 Å². The third kappa shape index (κ3) is 3.77. The van der Waals surface area contributed by atoms with E-state index in [1.165, 1.54) is 5.56 Å². The van der Waals surface area contributed by atoms with Crippen LogP contribution in [0.4, 0.5) is 5.69 Å². The summed E-state index contributed by atoms with van der Waals surface area (Å²) in [6.45, 7) is 6.63. The zero-order valence-electron chi connectivity index (χ0n) is 14.3. The lowest BCUT2D eigenvalue weighted by Gasteiger charge is -2.31. The Kier molecular flexibility index (Phi) is 5.16. The minimum atomic E-state index is -0.384. The summed E-state index contributed by atoms with van der Waals surface area (Å²) < 4.78 is 5.37. The first-order chi connectivity index (χ1) is 11.6. The number of nitrogens with one attached hydrogen (secondary N) is 1. The SMILES string of the molecule is Cc1ccc(C)c(NC(C(=O)N2CCOCC2)c2ccccc2)c1. The Bertz CT molecular complexity index is 694. The standard InChI is InChI=1S/C20H24N2O2/c1-15-8-9-16(2)18(14-15)21-19(17-6-4-3-5-7-17)20(23)22-10-12-24-13-11-22/h3-9,14,19,21H,10-13H2,1-2H3. The van der Waals surface area contributed by atoms with Crippen molar-refractivity contribution < 1.29 is 9.53 Å². The van der Waals surface area contributed by atoms with E-state index in [0.29, 0.717) is 26.3 Å². The van der Waals surface area contributed by atoms with Gasteiger partial charge in [0.1, 0.15) is 6.04 Å². The Morgan fingerprint density at radius 3 is 2.50 bits per heavy atom. The molecule has 24 heavy (non-hydrogen) atoms. The Hall–Kier alpha value is -2.33. The van der Waals surface area contributed by atoms with E-state index in [4.69, 9.17) is 4.74 Å². The molecular formula is C20H24N2O2. The van der Waals surface area contributed by atoms with Crippen molar-refractivity contribution in [1.29, 1.82) is 0 Å². The second-order valence-corrected chi connectivity index (χ2v) is 6.24. The minimum Gasteiger partial charge on any atom is -0.378 e. The van der Waals surface area contributed by atoms with Gasteiger partial charge in [-0.15, -0.1) is 0 Å². The largest absolute Gasteiger partial charge is 0.378 e. The molecule has 3 rings (SSSR count). The molecule has 1 N–H and O–H groups in total. The monoisotopic (exact) mass is 324 g/mol. The highest BCUT2D eigenvalue weighted by molar-refractivity contribution is 5.86. The van der Waals surface area contributed by atoms with Crippen molar-refractivity contribution in [2.45, 2.75) is 19.9 Å². The van der Waals surface area contributed by atoms with E-state index in [-0.39, 0.29) is 11.9 Å². The third-order valence-electron chi connectivity index (χ3n) is 4.40. The number of morpholine rings is 1. The molecule has 1 aliphatic heterocycles. The normalized spacial score (nSPS) is 15.8. The van der Waals surface area contributed by atoms with Gasteiger partial charge in [0.15, 0.2) is 0 Å². The van der Waals surface area contributed by atoms with Crippen LogP contribution in [0.5, 0.6) is 0 Å². The first-order valence-corrected chi connectivity index (χ1v) is 8.40. The van der Waals surface area contributed by atoms with Gasteiger partial charge in [-0.2, -0.15) is 0 Å². The predicted molar refractivity (Wildman–Crippen MR) is 96.1 cm³/mol. The van der Waals surface area contributed by atoms with Gasteiger partial charge in [-0.3, -0.25) is 4.79 Å². The van der Waals surface area contributed by atoms with Gasteiger partial charge in [0.05, 0.1) is 13.2 Å². The van der Waals surface area contributed by atoms with Crippen LogP contribution in [0, 0.1) is 13.8 Å². The number of aryl methyl sites for hydroxylation is 2. The lowest BCUT2D eigenvalue weighted by atomic mass is 10.0. The summed E-state index contributed by atoms with van der Waals surface area (Å²) in [6.07, 6.45) is 0. The molecule has 0 bridgehead atoms. The van der Waals surface area contributed by atoms with Crippen LogP contribution in [0.3, 0.4) is 0 Å². The zero-order chi connectivity index (χ0) is 16.9. The van der Waals surface area contributed by atoms with Crippen molar-refractivity contribution in [2.75, 3.05) is 31.6 Å². The zero-order valence-corrected chi connectivity index (χ0v) is 14.3. The van der Waals surface area contributed by atoms with Crippen molar-refractivity contribution in [1.82, 2.24) is 4.90 Å². The molecule has 0 aliphatic carbocycles. The quantitative estimate of drug-likeness (QED) is 0.938. The van der Waals surface area contributed by atoms with Gasteiger partial charge in [0.25, 0.3) is 0 Å². The maximum Gasteiger partial charge on any atom is 0.249 e. The second-order valence-electron chi connectivity index (χ2n) is 6.24. The van der Waals surface area contributed by atoms with E-state index in [0.717, 1.165) is 16.8 Å². The van der Waals surface area contributed by atoms with Crippen LogP contribution in [0.1, 0.15) is 22.7 Å². The molecule has 2 aromatic rings. The molecule has 0 radical (unpaired) electrons. The van der Waals surface area contributed by atoms with Gasteiger partial charge >= 0.3 is 0 Å². The van der Waals surface area contributed by atoms with Gasteiger partial charge in [0.2, 0.25) is 5.91 Å². The lowest BCUT2D eigenvalue weighted by Crippen LogP contribution is -2.44. The lowest BCUT2D eigenvalue weighted by molar-refractivity contribution is -0.136. The van der Waals surface area contributed by atoms with Crippen molar-refractivity contribution in [3.63, 3.8) is 0 Å². The Morgan fingerprint density at radius 1 is 1.08 bits per heavy atom. The molecule has 0 aromatic heterocycles. The number of anilines is 1. The molecule has 1 unspecified atom stereocenters. The van der Waals surface area contributed by atoms with Crippen LogP contribution in [0.15, 0.2) is 48.5 Å². The highest BCUT2D eigenvalue weighted by atomic mass is 16.5. The summed E-state index contributed by atoms with van der Waals surface area (Å²) in [5.41, 5.74) is 4.30. The Morgan fingerprint density at radius 2 is 1.79 bits per heavy atom. The van der Waals surface area contributed by atoms with Crippen molar-refractivity contribution in [3.05, 3.63) is 65.2 Å². The molecule has 1 atom stereocenters. The smallest absolute Gasteiger partial charge is 0.249 e. The second kappa shape index (κ2) is 7.49. The fourth-order valence-electron chi connectivity index (χ4n) is 2.95. The van der Waals surface area contributed by atoms with Gasteiger partial charge in [0, 0.05) is 18.8 Å². The number of rotatable bonds is 4. The molecule has 0 spiro atoms. The number of carbonyl (C=O) groups excluding carboxylic acids is 1. The average Bonchev–Trinajstić information content (AvgIpc) is 2.63. The Labute approximate surface area is 143 Å². The summed E-state index contributed by atoms with van der Waals surface area (Å²) in [4.78, 5) is 15.0. The van der Waals surface area contributed by atoms with Crippen LogP contribution < -0.4 is 5.32 Å². The van der Waals surface area contributed by atoms with Crippen molar-refractivity contribution in [3.8, 4) is 0 Å². The molecule has 1 saturated heterocycles. The van der Waals surface area contributed by atoms with Crippen molar-refractivity contribution >= 4 is 11.6 Å². The molecule has 2 aromatic carbocycles. The Balaban J connectivity index is 1.90. The van der Waals surface area contributed by atoms with Crippen LogP contribution in [0.25, 0.3) is 0 Å². The van der Waals surface area contributed by atoms with Gasteiger partial charge in [-0.25, -0.2) is 0 Å². The van der Waals surface area contributed by atoms with Gasteiger partial charge in [-0.1, -0.05) is 42.5 Å². The molecule has 1 heterocycles. The number of hydrogen-bond donors (Lipinski definition) is 1. The first-order valence-electron chi connectivity index (χ1n) is 8.40. The fourth-order valence-corrected chi connectivity index (χ4v) is 2.95. The molecule has 4 nitrogen and oxygen atoms in total. The number of ether oxygens (including phenoxy) is 1. The van der Waals surface area contributed by atoms with E-state index in [2.05, 4.69) is 37.4 Å². The highest BCUT2D eigenvalue weighted by Gasteiger charge is 2.27. The number of nitrogens with zero attached hydrogens (tertiary/aromatic N) is 1. The van der Waals surface area contributed by atoms with E-state index in [1.807, 2.05) is 35.2 Å². The van der Waals surface area contributed by atoms with Gasteiger partial charge in [-0.05, 0) is 36.6 Å². The van der Waals surface area contributed by atoms with E-state index >= 15 is 0 Å². The molecule has 126 valence electrons.